The standard InChI is InChI=1S/C34H28ClN5O8/c1-15-27(34(45)46)29-28-18(13-35)14-40(21(28)12-22(41)30(29)37-15)33(44)25-11-17-9-19(5-6-23(17)47-25)38-32(43)24-10-16-3-2-4-20(31(16)48-24)39-26(42)7-8-36/h2-6,9-12,18,37,41H,7-8,13-14,36H2,1H3,(H,38,43)(H,39,42)(H,45,46)/t18-/m1/s1. The lowest BCUT2D eigenvalue weighted by Gasteiger charge is -2.16. The number of carboxylic acids is 1. The smallest absolute Gasteiger partial charge is 0.338 e. The number of H-pyrrole nitrogens is 1. The van der Waals surface area contributed by atoms with E-state index in [1.807, 2.05) is 0 Å². The lowest BCUT2D eigenvalue weighted by molar-refractivity contribution is -0.116. The monoisotopic (exact) mass is 669 g/mol. The molecule has 4 heterocycles. The van der Waals surface area contributed by atoms with Gasteiger partial charge in [0.2, 0.25) is 5.91 Å². The number of phenols is 1. The van der Waals surface area contributed by atoms with Gasteiger partial charge in [-0.3, -0.25) is 14.4 Å². The molecule has 3 aromatic carbocycles. The predicted molar refractivity (Wildman–Crippen MR) is 179 cm³/mol. The number of nitrogens with zero attached hydrogens (tertiary/aromatic N) is 1. The molecule has 0 fully saturated rings. The Bertz CT molecular complexity index is 2320. The maximum atomic E-state index is 13.8. The van der Waals surface area contributed by atoms with Gasteiger partial charge in [-0.2, -0.15) is 0 Å². The number of halogens is 1. The fourth-order valence-electron chi connectivity index (χ4n) is 6.30. The summed E-state index contributed by atoms with van der Waals surface area (Å²) in [5.74, 6) is -2.94. The SMILES string of the molecule is Cc1[nH]c2c(O)cc3c(c2c1C(=O)O)[C@H](CCl)CN3C(=O)c1cc2cc(NC(=O)c3cc4cccc(NC(=O)CCN)c4o3)ccc2o1. The van der Waals surface area contributed by atoms with Gasteiger partial charge in [0.15, 0.2) is 17.1 Å². The number of amides is 3. The number of aromatic nitrogens is 1. The molecule has 0 saturated heterocycles. The first-order valence-corrected chi connectivity index (χ1v) is 15.5. The summed E-state index contributed by atoms with van der Waals surface area (Å²) in [6.07, 6.45) is 0.140. The summed E-state index contributed by atoms with van der Waals surface area (Å²) in [5, 5.41) is 27.7. The molecular formula is C34H28ClN5O8. The van der Waals surface area contributed by atoms with E-state index in [-0.39, 0.29) is 59.6 Å². The fraction of sp³-hybridized carbons (Fsp3) is 0.176. The van der Waals surface area contributed by atoms with Crippen LogP contribution in [-0.2, 0) is 4.79 Å². The van der Waals surface area contributed by atoms with Crippen molar-refractivity contribution in [1.82, 2.24) is 4.98 Å². The average molecular weight is 670 g/mol. The third-order valence-electron chi connectivity index (χ3n) is 8.41. The van der Waals surface area contributed by atoms with Crippen molar-refractivity contribution in [2.45, 2.75) is 19.3 Å². The lowest BCUT2D eigenvalue weighted by Crippen LogP contribution is -2.29. The molecule has 7 rings (SSSR count). The van der Waals surface area contributed by atoms with Crippen LogP contribution in [-0.4, -0.2) is 57.9 Å². The molecule has 1 aliphatic rings. The quantitative estimate of drug-likeness (QED) is 0.107. The molecule has 244 valence electrons. The van der Waals surface area contributed by atoms with Crippen LogP contribution in [0, 0.1) is 6.92 Å². The Kier molecular flexibility index (Phi) is 7.57. The van der Waals surface area contributed by atoms with E-state index in [2.05, 4.69) is 15.6 Å². The number of aromatic carboxylic acids is 1. The number of hydrogen-bond acceptors (Lipinski definition) is 8. The van der Waals surface area contributed by atoms with Crippen molar-refractivity contribution in [3.05, 3.63) is 82.9 Å². The molecule has 0 bridgehead atoms. The number of carboxylic acid groups (broad SMARTS) is 1. The molecule has 0 saturated carbocycles. The maximum Gasteiger partial charge on any atom is 0.338 e. The number of carbonyl (C=O) groups is 4. The number of alkyl halides is 1. The first-order valence-electron chi connectivity index (χ1n) is 14.9. The second-order valence-corrected chi connectivity index (χ2v) is 11.8. The Labute approximate surface area is 276 Å². The number of hydrogen-bond donors (Lipinski definition) is 6. The molecule has 3 amide bonds. The number of aromatic hydroxyl groups is 1. The number of aryl methyl sites for hydroxylation is 1. The van der Waals surface area contributed by atoms with Crippen molar-refractivity contribution >= 4 is 85.2 Å². The van der Waals surface area contributed by atoms with E-state index in [0.29, 0.717) is 55.6 Å². The minimum atomic E-state index is -1.17. The molecule has 0 aliphatic carbocycles. The zero-order valence-corrected chi connectivity index (χ0v) is 26.1. The summed E-state index contributed by atoms with van der Waals surface area (Å²) >= 11 is 6.32. The van der Waals surface area contributed by atoms with Crippen LogP contribution >= 0.6 is 11.6 Å². The second kappa shape index (κ2) is 11.8. The van der Waals surface area contributed by atoms with E-state index in [1.54, 1.807) is 55.5 Å². The molecule has 0 unspecified atom stereocenters. The molecule has 0 spiro atoms. The fourth-order valence-corrected chi connectivity index (χ4v) is 6.55. The van der Waals surface area contributed by atoms with E-state index in [4.69, 9.17) is 26.2 Å². The number of nitrogens with one attached hydrogen (secondary N) is 3. The minimum Gasteiger partial charge on any atom is -0.506 e. The second-order valence-electron chi connectivity index (χ2n) is 11.5. The van der Waals surface area contributed by atoms with Crippen molar-refractivity contribution in [3.8, 4) is 5.75 Å². The number of para-hydroxylation sites is 1. The van der Waals surface area contributed by atoms with Gasteiger partial charge in [0, 0.05) is 64.9 Å². The number of fused-ring (bicyclic) bond motifs is 5. The highest BCUT2D eigenvalue weighted by Gasteiger charge is 2.38. The molecule has 1 atom stereocenters. The number of phenolic OH excluding ortho intramolecular Hbond substituents is 1. The summed E-state index contributed by atoms with van der Waals surface area (Å²) in [5.41, 5.74) is 8.59. The summed E-state index contributed by atoms with van der Waals surface area (Å²) in [6, 6.07) is 14.6. The van der Waals surface area contributed by atoms with Crippen LogP contribution in [0.4, 0.5) is 17.1 Å². The highest BCUT2D eigenvalue weighted by atomic mass is 35.5. The van der Waals surface area contributed by atoms with Gasteiger partial charge in [-0.25, -0.2) is 4.79 Å². The van der Waals surface area contributed by atoms with E-state index in [9.17, 15) is 29.4 Å². The van der Waals surface area contributed by atoms with Crippen molar-refractivity contribution in [2.75, 3.05) is 34.5 Å². The van der Waals surface area contributed by atoms with Crippen LogP contribution < -0.4 is 21.3 Å². The molecule has 13 nitrogen and oxygen atoms in total. The van der Waals surface area contributed by atoms with Gasteiger partial charge in [-0.05, 0) is 48.9 Å². The minimum absolute atomic E-state index is 0.000519. The number of nitrogens with two attached hydrogens (primary N) is 1. The molecule has 7 N–H and O–H groups in total. The summed E-state index contributed by atoms with van der Waals surface area (Å²) in [6.45, 7) is 1.95. The zero-order valence-electron chi connectivity index (χ0n) is 25.3. The largest absolute Gasteiger partial charge is 0.506 e. The summed E-state index contributed by atoms with van der Waals surface area (Å²) < 4.78 is 11.7. The van der Waals surface area contributed by atoms with Crippen LogP contribution in [0.1, 0.15) is 55.1 Å². The highest BCUT2D eigenvalue weighted by molar-refractivity contribution is 6.20. The first-order chi connectivity index (χ1) is 23.1. The highest BCUT2D eigenvalue weighted by Crippen LogP contribution is 2.47. The predicted octanol–water partition coefficient (Wildman–Crippen LogP) is 5.89. The van der Waals surface area contributed by atoms with E-state index >= 15 is 0 Å². The summed E-state index contributed by atoms with van der Waals surface area (Å²) in [4.78, 5) is 55.6. The number of furan rings is 2. The molecule has 14 heteroatoms. The van der Waals surface area contributed by atoms with Crippen LogP contribution in [0.15, 0.2) is 63.4 Å². The third-order valence-corrected chi connectivity index (χ3v) is 8.78. The Morgan fingerprint density at radius 1 is 1.04 bits per heavy atom. The molecule has 1 aliphatic heterocycles. The first kappa shape index (κ1) is 30.8. The number of benzene rings is 3. The van der Waals surface area contributed by atoms with E-state index in [1.165, 1.54) is 11.0 Å². The molecule has 48 heavy (non-hydrogen) atoms. The molecule has 6 aromatic rings. The van der Waals surface area contributed by atoms with Crippen LogP contribution in [0.3, 0.4) is 0 Å². The van der Waals surface area contributed by atoms with E-state index in [0.717, 1.165) is 0 Å². The maximum absolute atomic E-state index is 13.8. The van der Waals surface area contributed by atoms with Gasteiger partial charge in [0.25, 0.3) is 11.8 Å². The topological polar surface area (TPSA) is 204 Å². The number of aromatic amines is 1. The Morgan fingerprint density at radius 2 is 1.83 bits per heavy atom. The van der Waals surface area contributed by atoms with Gasteiger partial charge < -0.3 is 45.3 Å². The van der Waals surface area contributed by atoms with Crippen LogP contribution in [0.5, 0.6) is 5.75 Å². The van der Waals surface area contributed by atoms with Crippen molar-refractivity contribution in [2.24, 2.45) is 5.73 Å². The lowest BCUT2D eigenvalue weighted by atomic mass is 9.95. The Hall–Kier alpha value is -5.79. The van der Waals surface area contributed by atoms with Gasteiger partial charge in [0.1, 0.15) is 11.3 Å². The van der Waals surface area contributed by atoms with E-state index < -0.39 is 23.7 Å². The summed E-state index contributed by atoms with van der Waals surface area (Å²) in [7, 11) is 0. The van der Waals surface area contributed by atoms with Gasteiger partial charge in [-0.15, -0.1) is 11.6 Å². The zero-order chi connectivity index (χ0) is 33.9. The molecular weight excluding hydrogens is 642 g/mol. The Morgan fingerprint density at radius 3 is 2.58 bits per heavy atom. The number of anilines is 3. The van der Waals surface area contributed by atoms with Crippen molar-refractivity contribution in [1.29, 1.82) is 0 Å². The molecule has 0 radical (unpaired) electrons. The van der Waals surface area contributed by atoms with Crippen LogP contribution in [0.25, 0.3) is 32.8 Å². The van der Waals surface area contributed by atoms with Crippen molar-refractivity contribution < 1.29 is 38.2 Å². The third kappa shape index (κ3) is 5.09. The van der Waals surface area contributed by atoms with Gasteiger partial charge >= 0.3 is 5.97 Å². The Balaban J connectivity index is 1.16. The van der Waals surface area contributed by atoms with Gasteiger partial charge in [0.05, 0.1) is 22.5 Å². The normalized spacial score (nSPS) is 14.1. The number of carbonyl (C=O) groups excluding carboxylic acids is 3. The molecule has 3 aromatic heterocycles. The van der Waals surface area contributed by atoms with Gasteiger partial charge in [-0.1, -0.05) is 12.1 Å². The number of rotatable bonds is 8. The van der Waals surface area contributed by atoms with Crippen LogP contribution in [0.2, 0.25) is 0 Å². The average Bonchev–Trinajstić information content (AvgIpc) is 3.83. The van der Waals surface area contributed by atoms with Crippen molar-refractivity contribution in [3.63, 3.8) is 0 Å².